The van der Waals surface area contributed by atoms with Crippen molar-refractivity contribution < 1.29 is 14.5 Å². The standard InChI is InChI=1S/C27H31N3O2/c1-18-15-19(2)26(20(3)16-18)29-25(31)17-30(5)21(4)27(32)28-24-14-10-9-13-23(24)22-11-7-6-8-12-22/h6-16,21H,17H2,1-5H3,(H,28,32)(H,29,31)/p+1/t21-/m1/s1. The van der Waals surface area contributed by atoms with Crippen LogP contribution in [-0.4, -0.2) is 31.4 Å². The smallest absolute Gasteiger partial charge is 0.282 e. The minimum atomic E-state index is -0.398. The molecule has 3 N–H and O–H groups in total. The second-order valence-electron chi connectivity index (χ2n) is 8.47. The lowest BCUT2D eigenvalue weighted by molar-refractivity contribution is -0.885. The number of benzene rings is 3. The lowest BCUT2D eigenvalue weighted by Gasteiger charge is -2.22. The topological polar surface area (TPSA) is 62.6 Å². The van der Waals surface area contributed by atoms with Gasteiger partial charge in [0.25, 0.3) is 11.8 Å². The van der Waals surface area contributed by atoms with E-state index < -0.39 is 6.04 Å². The van der Waals surface area contributed by atoms with Gasteiger partial charge >= 0.3 is 0 Å². The van der Waals surface area contributed by atoms with Crippen molar-refractivity contribution in [3.63, 3.8) is 0 Å². The number of nitrogens with one attached hydrogen (secondary N) is 3. The lowest BCUT2D eigenvalue weighted by Crippen LogP contribution is -3.14. The molecule has 1 unspecified atom stereocenters. The molecule has 32 heavy (non-hydrogen) atoms. The highest BCUT2D eigenvalue weighted by molar-refractivity contribution is 5.98. The molecular weight excluding hydrogens is 398 g/mol. The van der Waals surface area contributed by atoms with Crippen molar-refractivity contribution >= 4 is 23.2 Å². The number of likely N-dealkylation sites (N-methyl/N-ethyl adjacent to an activating group) is 1. The molecule has 5 nitrogen and oxygen atoms in total. The molecule has 0 spiro atoms. The fourth-order valence-corrected chi connectivity index (χ4v) is 3.89. The van der Waals surface area contributed by atoms with Crippen molar-refractivity contribution in [1.29, 1.82) is 0 Å². The Labute approximate surface area is 190 Å². The van der Waals surface area contributed by atoms with Gasteiger partial charge < -0.3 is 15.5 Å². The van der Waals surface area contributed by atoms with Gasteiger partial charge in [-0.05, 0) is 50.5 Å². The van der Waals surface area contributed by atoms with Gasteiger partial charge in [0.2, 0.25) is 0 Å². The van der Waals surface area contributed by atoms with E-state index in [-0.39, 0.29) is 18.4 Å². The lowest BCUT2D eigenvalue weighted by atomic mass is 10.0. The molecule has 166 valence electrons. The molecule has 2 amide bonds. The quantitative estimate of drug-likeness (QED) is 0.535. The summed E-state index contributed by atoms with van der Waals surface area (Å²) in [5.41, 5.74) is 6.87. The molecule has 0 aliphatic carbocycles. The number of para-hydroxylation sites is 1. The molecule has 0 heterocycles. The zero-order chi connectivity index (χ0) is 23.3. The predicted molar refractivity (Wildman–Crippen MR) is 131 cm³/mol. The SMILES string of the molecule is Cc1cc(C)c(NC(=O)C[NH+](C)[C@H](C)C(=O)Nc2ccccc2-c2ccccc2)c(C)c1. The Balaban J connectivity index is 1.65. The minimum absolute atomic E-state index is 0.109. The van der Waals surface area contributed by atoms with E-state index in [1.54, 1.807) is 0 Å². The Morgan fingerprint density at radius 3 is 2.12 bits per heavy atom. The molecular formula is C27H32N3O2+. The molecule has 3 aromatic rings. The molecule has 2 atom stereocenters. The average Bonchev–Trinajstić information content (AvgIpc) is 2.76. The van der Waals surface area contributed by atoms with Crippen LogP contribution >= 0.6 is 0 Å². The third-order valence-electron chi connectivity index (χ3n) is 5.78. The molecule has 0 fully saturated rings. The third-order valence-corrected chi connectivity index (χ3v) is 5.78. The maximum atomic E-state index is 13.0. The summed E-state index contributed by atoms with van der Waals surface area (Å²) in [6.45, 7) is 8.06. The summed E-state index contributed by atoms with van der Waals surface area (Å²) >= 11 is 0. The monoisotopic (exact) mass is 430 g/mol. The summed E-state index contributed by atoms with van der Waals surface area (Å²) in [4.78, 5) is 26.5. The first kappa shape index (κ1) is 23.2. The molecule has 0 aliphatic rings. The van der Waals surface area contributed by atoms with Gasteiger partial charge in [0.15, 0.2) is 12.6 Å². The van der Waals surface area contributed by atoms with Gasteiger partial charge in [-0.1, -0.05) is 66.2 Å². The van der Waals surface area contributed by atoms with Gasteiger partial charge in [-0.2, -0.15) is 0 Å². The number of carbonyl (C=O) groups is 2. The number of hydrogen-bond donors (Lipinski definition) is 3. The van der Waals surface area contributed by atoms with Crippen molar-refractivity contribution in [2.75, 3.05) is 24.2 Å². The molecule has 0 bridgehead atoms. The normalized spacial score (nSPS) is 12.7. The number of aryl methyl sites for hydroxylation is 3. The first-order valence-corrected chi connectivity index (χ1v) is 10.9. The van der Waals surface area contributed by atoms with E-state index in [4.69, 9.17) is 0 Å². The van der Waals surface area contributed by atoms with Gasteiger partial charge in [-0.25, -0.2) is 0 Å². The highest BCUT2D eigenvalue weighted by atomic mass is 16.2. The van der Waals surface area contributed by atoms with Crippen LogP contribution in [0.4, 0.5) is 11.4 Å². The Kier molecular flexibility index (Phi) is 7.44. The van der Waals surface area contributed by atoms with E-state index in [1.807, 2.05) is 89.3 Å². The highest BCUT2D eigenvalue weighted by Gasteiger charge is 2.25. The van der Waals surface area contributed by atoms with Crippen molar-refractivity contribution in [3.8, 4) is 11.1 Å². The zero-order valence-electron chi connectivity index (χ0n) is 19.5. The summed E-state index contributed by atoms with van der Waals surface area (Å²) in [5, 5.41) is 6.06. The van der Waals surface area contributed by atoms with Crippen LogP contribution in [0.3, 0.4) is 0 Å². The van der Waals surface area contributed by atoms with E-state index in [0.29, 0.717) is 0 Å². The molecule has 0 saturated carbocycles. The first-order valence-electron chi connectivity index (χ1n) is 10.9. The number of carbonyl (C=O) groups excluding carboxylic acids is 2. The molecule has 0 saturated heterocycles. The van der Waals surface area contributed by atoms with E-state index >= 15 is 0 Å². The molecule has 3 rings (SSSR count). The maximum absolute atomic E-state index is 13.0. The number of quaternary nitrogens is 1. The Morgan fingerprint density at radius 1 is 0.875 bits per heavy atom. The highest BCUT2D eigenvalue weighted by Crippen LogP contribution is 2.27. The molecule has 0 aliphatic heterocycles. The van der Waals surface area contributed by atoms with Crippen LogP contribution in [0.15, 0.2) is 66.7 Å². The van der Waals surface area contributed by atoms with E-state index in [0.717, 1.165) is 38.5 Å². The van der Waals surface area contributed by atoms with Gasteiger partial charge in [-0.15, -0.1) is 0 Å². The van der Waals surface area contributed by atoms with Gasteiger partial charge in [-0.3, -0.25) is 9.59 Å². The molecule has 0 radical (unpaired) electrons. The molecule has 3 aromatic carbocycles. The fraction of sp³-hybridized carbons (Fsp3) is 0.259. The fourth-order valence-electron chi connectivity index (χ4n) is 3.89. The number of amides is 2. The van der Waals surface area contributed by atoms with Crippen molar-refractivity contribution in [3.05, 3.63) is 83.4 Å². The summed E-state index contributed by atoms with van der Waals surface area (Å²) in [7, 11) is 1.86. The first-order chi connectivity index (χ1) is 15.3. The van der Waals surface area contributed by atoms with Crippen LogP contribution in [0.25, 0.3) is 11.1 Å². The zero-order valence-corrected chi connectivity index (χ0v) is 19.5. The van der Waals surface area contributed by atoms with Crippen LogP contribution < -0.4 is 15.5 Å². The Morgan fingerprint density at radius 2 is 1.47 bits per heavy atom. The number of anilines is 2. The second-order valence-corrected chi connectivity index (χ2v) is 8.47. The van der Waals surface area contributed by atoms with Crippen LogP contribution in [0, 0.1) is 20.8 Å². The van der Waals surface area contributed by atoms with Gasteiger partial charge in [0.05, 0.1) is 7.05 Å². The minimum Gasteiger partial charge on any atom is -0.321 e. The summed E-state index contributed by atoms with van der Waals surface area (Å²) < 4.78 is 0. The van der Waals surface area contributed by atoms with Crippen molar-refractivity contribution in [2.24, 2.45) is 0 Å². The average molecular weight is 431 g/mol. The summed E-state index contributed by atoms with van der Waals surface area (Å²) in [6, 6.07) is 21.4. The number of hydrogen-bond acceptors (Lipinski definition) is 2. The number of rotatable bonds is 7. The Hall–Kier alpha value is -3.44. The van der Waals surface area contributed by atoms with Crippen LogP contribution in [-0.2, 0) is 9.59 Å². The molecule has 5 heteroatoms. The van der Waals surface area contributed by atoms with Crippen molar-refractivity contribution in [1.82, 2.24) is 0 Å². The van der Waals surface area contributed by atoms with Gasteiger partial charge in [0.1, 0.15) is 0 Å². The van der Waals surface area contributed by atoms with Crippen LogP contribution in [0.2, 0.25) is 0 Å². The largest absolute Gasteiger partial charge is 0.321 e. The van der Waals surface area contributed by atoms with E-state index in [2.05, 4.69) is 22.8 Å². The van der Waals surface area contributed by atoms with Crippen LogP contribution in [0.1, 0.15) is 23.6 Å². The summed E-state index contributed by atoms with van der Waals surface area (Å²) in [6.07, 6.45) is 0. The predicted octanol–water partition coefficient (Wildman–Crippen LogP) is 3.76. The van der Waals surface area contributed by atoms with Gasteiger partial charge in [0, 0.05) is 16.9 Å². The maximum Gasteiger partial charge on any atom is 0.282 e. The van der Waals surface area contributed by atoms with Crippen molar-refractivity contribution in [2.45, 2.75) is 33.7 Å². The van der Waals surface area contributed by atoms with E-state index in [9.17, 15) is 9.59 Å². The summed E-state index contributed by atoms with van der Waals surface area (Å²) in [5.74, 6) is -0.233. The van der Waals surface area contributed by atoms with Crippen LogP contribution in [0.5, 0.6) is 0 Å². The third kappa shape index (κ3) is 5.62. The van der Waals surface area contributed by atoms with E-state index in [1.165, 1.54) is 5.56 Å². The molecule has 0 aromatic heterocycles. The Bertz CT molecular complexity index is 1090. The second kappa shape index (κ2) is 10.2.